The number of benzene rings is 2. The number of methoxy groups -OCH3 is 2. The lowest BCUT2D eigenvalue weighted by Gasteiger charge is -2.35. The number of aromatic nitrogens is 4. The van der Waals surface area contributed by atoms with Gasteiger partial charge >= 0.3 is 18.3 Å². The molecule has 3 aromatic heterocycles. The molecular weight excluding hydrogens is 845 g/mol. The predicted molar refractivity (Wildman–Crippen MR) is 239 cm³/mol. The highest BCUT2D eigenvalue weighted by Crippen LogP contribution is 2.43. The van der Waals surface area contributed by atoms with E-state index in [1.54, 1.807) is 59.3 Å². The zero-order chi connectivity index (χ0) is 46.1. The van der Waals surface area contributed by atoms with E-state index in [1.165, 1.54) is 19.2 Å². The second-order valence-corrected chi connectivity index (χ2v) is 18.2. The summed E-state index contributed by atoms with van der Waals surface area (Å²) in [6.45, 7) is 10.2. The molecule has 6 heterocycles. The van der Waals surface area contributed by atoms with Gasteiger partial charge in [0.15, 0.2) is 5.82 Å². The molecule has 0 bridgehead atoms. The number of carbonyl (C=O) groups is 1. The fourth-order valence-corrected chi connectivity index (χ4v) is 9.38. The van der Waals surface area contributed by atoms with Crippen LogP contribution in [0.4, 0.5) is 34.0 Å². The molecule has 3 saturated heterocycles. The first-order valence-electron chi connectivity index (χ1n) is 22.1. The first kappa shape index (κ1) is 45.6. The Hall–Kier alpha value is -5.97. The molecule has 346 valence electrons. The van der Waals surface area contributed by atoms with Gasteiger partial charge in [-0.2, -0.15) is 23.1 Å². The maximum atomic E-state index is 17.6. The molecule has 3 aliphatic rings. The average molecular weight is 901 g/mol. The van der Waals surface area contributed by atoms with Crippen LogP contribution in [0.25, 0.3) is 22.3 Å². The molecule has 8 rings (SSSR count). The summed E-state index contributed by atoms with van der Waals surface area (Å²) >= 11 is 0. The van der Waals surface area contributed by atoms with E-state index in [2.05, 4.69) is 25.2 Å². The Kier molecular flexibility index (Phi) is 13.0. The number of amides is 1. The van der Waals surface area contributed by atoms with Crippen LogP contribution in [0.2, 0.25) is 0 Å². The number of hydrogen-bond donors (Lipinski definition) is 1. The molecule has 0 radical (unpaired) electrons. The van der Waals surface area contributed by atoms with Crippen molar-refractivity contribution in [3.63, 3.8) is 0 Å². The first-order chi connectivity index (χ1) is 31.0. The van der Waals surface area contributed by atoms with Crippen LogP contribution < -0.4 is 29.3 Å². The number of pyridine rings is 2. The monoisotopic (exact) mass is 900 g/mol. The van der Waals surface area contributed by atoms with Crippen LogP contribution >= 0.6 is 0 Å². The summed E-state index contributed by atoms with van der Waals surface area (Å²) in [7, 11) is 3.13. The third kappa shape index (κ3) is 10.1. The number of fused-ring (bicyclic) bond motifs is 2. The molecule has 1 amide bonds. The Bertz CT molecular complexity index is 2440. The van der Waals surface area contributed by atoms with Crippen molar-refractivity contribution >= 4 is 28.6 Å². The zero-order valence-electron chi connectivity index (χ0n) is 37.7. The summed E-state index contributed by atoms with van der Waals surface area (Å²) in [5.41, 5.74) is -2.02. The van der Waals surface area contributed by atoms with Gasteiger partial charge in [0.1, 0.15) is 52.2 Å². The molecule has 65 heavy (non-hydrogen) atoms. The Labute approximate surface area is 376 Å². The molecule has 0 unspecified atom stereocenters. The minimum absolute atomic E-state index is 0.0991. The van der Waals surface area contributed by atoms with Crippen molar-refractivity contribution < 1.29 is 41.3 Å². The van der Waals surface area contributed by atoms with E-state index in [-0.39, 0.29) is 59.6 Å². The van der Waals surface area contributed by atoms with Crippen LogP contribution in [0.1, 0.15) is 81.5 Å². The van der Waals surface area contributed by atoms with Crippen molar-refractivity contribution in [2.75, 3.05) is 56.8 Å². The first-order valence-corrected chi connectivity index (χ1v) is 22.1. The van der Waals surface area contributed by atoms with E-state index in [0.717, 1.165) is 49.9 Å². The van der Waals surface area contributed by atoms with E-state index in [4.69, 9.17) is 23.9 Å². The average Bonchev–Trinajstić information content (AvgIpc) is 3.86. The van der Waals surface area contributed by atoms with Gasteiger partial charge in [-0.25, -0.2) is 14.2 Å². The highest BCUT2D eigenvalue weighted by molar-refractivity contribution is 5.92. The maximum absolute atomic E-state index is 17.6. The minimum atomic E-state index is -4.92. The summed E-state index contributed by atoms with van der Waals surface area (Å²) in [5, 5.41) is 3.12. The standard InChI is InChI=1S/C48H56F4N8O5/c1-30-24-37(59(26-31-11-15-34(62-5)16-12-31)27-32-13-17-35(63-6)18-14-32)55-41(38(30)48(50,51)52)42-39(49)40-36(25-53-42)43(58-21-7-10-33(28-58)54-45(61)65-46(2,3)4)57-44(56-40)64-29-47-19-8-22-60(47)23-9-20-47/h11-18,24-25,33H,7-10,19-23,26-29H2,1-6H3,(H,54,61)/t33-/m0/s1. The molecule has 2 aromatic carbocycles. The normalized spacial score (nSPS) is 17.5. The minimum Gasteiger partial charge on any atom is -0.497 e. The largest absolute Gasteiger partial charge is 0.497 e. The summed E-state index contributed by atoms with van der Waals surface area (Å²) < 4.78 is 85.9. The summed E-state index contributed by atoms with van der Waals surface area (Å²) in [6, 6.07) is 15.6. The SMILES string of the molecule is COc1ccc(CN(Cc2ccc(OC)cc2)c2cc(C)c(C(F)(F)F)c(-c3ncc4c(N5CCC[C@H](NC(=O)OC(C)(C)C)C5)nc(OCC56CCCN5CCC6)nc4c3F)n2)cc1. The zero-order valence-corrected chi connectivity index (χ0v) is 37.7. The van der Waals surface area contributed by atoms with Crippen molar-refractivity contribution in [3.8, 4) is 28.9 Å². The molecule has 0 saturated carbocycles. The van der Waals surface area contributed by atoms with Gasteiger partial charge in [-0.05, 0) is 126 Å². The van der Waals surface area contributed by atoms with Gasteiger partial charge in [0.05, 0.1) is 30.7 Å². The number of alkyl halides is 3. The van der Waals surface area contributed by atoms with E-state index >= 15 is 17.6 Å². The lowest BCUT2D eigenvalue weighted by atomic mass is 9.95. The Morgan fingerprint density at radius 1 is 0.877 bits per heavy atom. The lowest BCUT2D eigenvalue weighted by Crippen LogP contribution is -2.49. The molecule has 13 nitrogen and oxygen atoms in total. The summed E-state index contributed by atoms with van der Waals surface area (Å²) in [6.07, 6.45) is 1.08. The fraction of sp³-hybridized carbons (Fsp3) is 0.479. The number of anilines is 2. The number of nitrogens with one attached hydrogen (secondary N) is 1. The van der Waals surface area contributed by atoms with Gasteiger partial charge in [-0.3, -0.25) is 9.88 Å². The molecule has 1 atom stereocenters. The Morgan fingerprint density at radius 2 is 1.51 bits per heavy atom. The molecule has 1 N–H and O–H groups in total. The molecule has 0 aliphatic carbocycles. The number of piperidine rings is 1. The van der Waals surface area contributed by atoms with E-state index < -0.39 is 40.6 Å². The highest BCUT2D eigenvalue weighted by atomic mass is 19.4. The quantitative estimate of drug-likeness (QED) is 0.113. The predicted octanol–water partition coefficient (Wildman–Crippen LogP) is 9.28. The Balaban J connectivity index is 1.23. The second kappa shape index (κ2) is 18.5. The number of rotatable bonds is 13. The third-order valence-corrected chi connectivity index (χ3v) is 12.5. The lowest BCUT2D eigenvalue weighted by molar-refractivity contribution is -0.137. The number of ether oxygens (including phenoxy) is 4. The van der Waals surface area contributed by atoms with Crippen LogP contribution in [0, 0.1) is 12.7 Å². The summed E-state index contributed by atoms with van der Waals surface area (Å²) in [5.74, 6) is 0.681. The molecule has 17 heteroatoms. The van der Waals surface area contributed by atoms with E-state index in [1.807, 2.05) is 34.1 Å². The maximum Gasteiger partial charge on any atom is 0.418 e. The smallest absolute Gasteiger partial charge is 0.418 e. The second-order valence-electron chi connectivity index (χ2n) is 18.2. The number of aryl methyl sites for hydroxylation is 1. The van der Waals surface area contributed by atoms with Gasteiger partial charge in [0, 0.05) is 38.4 Å². The number of halogens is 4. The molecule has 3 aliphatic heterocycles. The van der Waals surface area contributed by atoms with Gasteiger partial charge in [-0.1, -0.05) is 24.3 Å². The number of carbonyl (C=O) groups excluding carboxylic acids is 1. The van der Waals surface area contributed by atoms with Crippen LogP contribution in [0.5, 0.6) is 17.5 Å². The van der Waals surface area contributed by atoms with Crippen molar-refractivity contribution in [2.45, 2.75) is 103 Å². The highest BCUT2D eigenvalue weighted by Gasteiger charge is 2.45. The number of alkyl carbamates (subject to hydrolysis) is 1. The van der Waals surface area contributed by atoms with Crippen LogP contribution in [-0.4, -0.2) is 95.1 Å². The van der Waals surface area contributed by atoms with Crippen LogP contribution in [-0.2, 0) is 24.0 Å². The van der Waals surface area contributed by atoms with Gasteiger partial charge in [0.2, 0.25) is 0 Å². The molecule has 0 spiro atoms. The van der Waals surface area contributed by atoms with Crippen molar-refractivity contribution in [2.24, 2.45) is 0 Å². The third-order valence-electron chi connectivity index (χ3n) is 12.5. The van der Waals surface area contributed by atoms with Crippen molar-refractivity contribution in [1.82, 2.24) is 30.2 Å². The van der Waals surface area contributed by atoms with Crippen molar-refractivity contribution in [1.29, 1.82) is 0 Å². The van der Waals surface area contributed by atoms with E-state index in [9.17, 15) is 4.79 Å². The van der Waals surface area contributed by atoms with Crippen molar-refractivity contribution in [3.05, 3.63) is 88.9 Å². The van der Waals surface area contributed by atoms with Crippen LogP contribution in [0.3, 0.4) is 0 Å². The molecule has 5 aromatic rings. The van der Waals surface area contributed by atoms with Crippen LogP contribution in [0.15, 0.2) is 60.8 Å². The van der Waals surface area contributed by atoms with Gasteiger partial charge in [-0.15, -0.1) is 0 Å². The van der Waals surface area contributed by atoms with Gasteiger partial charge in [0.25, 0.3) is 0 Å². The molecule has 3 fully saturated rings. The Morgan fingerprint density at radius 3 is 2.09 bits per heavy atom. The number of nitrogens with zero attached hydrogens (tertiary/aromatic N) is 7. The molecular formula is C48H56F4N8O5. The summed E-state index contributed by atoms with van der Waals surface area (Å²) in [4.78, 5) is 37.4. The van der Waals surface area contributed by atoms with E-state index in [0.29, 0.717) is 43.2 Å². The topological polar surface area (TPSA) is 127 Å². The van der Waals surface area contributed by atoms with Gasteiger partial charge < -0.3 is 34.1 Å². The number of hydrogen-bond acceptors (Lipinski definition) is 12. The fourth-order valence-electron chi connectivity index (χ4n) is 9.38.